The van der Waals surface area contributed by atoms with E-state index >= 15 is 0 Å². The highest BCUT2D eigenvalue weighted by atomic mass is 35.5. The molecule has 0 aliphatic heterocycles. The van der Waals surface area contributed by atoms with Crippen molar-refractivity contribution >= 4 is 50.3 Å². The van der Waals surface area contributed by atoms with Gasteiger partial charge < -0.3 is 4.74 Å². The SMILES string of the molecule is COc1ccc2cc(/C=N\NC(=O)c3ccc(N(C)S(C)(=O)=O)cc3)c(Cl)nc2c1. The smallest absolute Gasteiger partial charge is 0.271 e. The number of hydrogen-bond acceptors (Lipinski definition) is 6. The number of aromatic nitrogens is 1. The lowest BCUT2D eigenvalue weighted by molar-refractivity contribution is 0.0955. The number of nitrogens with zero attached hydrogens (tertiary/aromatic N) is 3. The van der Waals surface area contributed by atoms with Gasteiger partial charge in [0, 0.05) is 29.6 Å². The maximum Gasteiger partial charge on any atom is 0.271 e. The van der Waals surface area contributed by atoms with Gasteiger partial charge in [-0.05, 0) is 42.5 Å². The number of pyridine rings is 1. The average Bonchev–Trinajstić information content (AvgIpc) is 2.72. The first kappa shape index (κ1) is 21.5. The molecule has 0 aliphatic carbocycles. The van der Waals surface area contributed by atoms with E-state index in [1.165, 1.54) is 37.5 Å². The van der Waals surface area contributed by atoms with Gasteiger partial charge in [-0.1, -0.05) is 11.6 Å². The van der Waals surface area contributed by atoms with Gasteiger partial charge in [-0.25, -0.2) is 18.8 Å². The molecule has 30 heavy (non-hydrogen) atoms. The molecule has 1 amide bonds. The van der Waals surface area contributed by atoms with E-state index in [9.17, 15) is 13.2 Å². The molecule has 1 aromatic heterocycles. The molecule has 0 aliphatic rings. The summed E-state index contributed by atoms with van der Waals surface area (Å²) in [6.07, 6.45) is 2.51. The normalized spacial score (nSPS) is 11.6. The number of amides is 1. The van der Waals surface area contributed by atoms with Crippen LogP contribution in [0.15, 0.2) is 53.6 Å². The predicted molar refractivity (Wildman–Crippen MR) is 118 cm³/mol. The third kappa shape index (κ3) is 4.87. The van der Waals surface area contributed by atoms with E-state index in [1.54, 1.807) is 19.2 Å². The van der Waals surface area contributed by atoms with Crippen molar-refractivity contribution in [2.24, 2.45) is 5.10 Å². The molecule has 1 heterocycles. The standard InChI is InChI=1S/C20H19ClN4O4S/c1-25(30(3,27)28)16-7-4-13(5-8-16)20(26)24-22-12-15-10-14-6-9-17(29-2)11-18(14)23-19(15)21/h4-12H,1-3H3,(H,24,26)/b22-12-. The van der Waals surface area contributed by atoms with Gasteiger partial charge in [0.1, 0.15) is 10.9 Å². The highest BCUT2D eigenvalue weighted by Gasteiger charge is 2.13. The molecule has 1 N–H and O–H groups in total. The summed E-state index contributed by atoms with van der Waals surface area (Å²) in [6.45, 7) is 0. The maximum atomic E-state index is 12.3. The highest BCUT2D eigenvalue weighted by Crippen LogP contribution is 2.23. The van der Waals surface area contributed by atoms with Crippen molar-refractivity contribution in [2.75, 3.05) is 24.7 Å². The minimum Gasteiger partial charge on any atom is -0.497 e. The van der Waals surface area contributed by atoms with Gasteiger partial charge in [-0.15, -0.1) is 0 Å². The Morgan fingerprint density at radius 1 is 1.20 bits per heavy atom. The van der Waals surface area contributed by atoms with E-state index in [1.807, 2.05) is 12.1 Å². The van der Waals surface area contributed by atoms with Crippen LogP contribution in [-0.2, 0) is 10.0 Å². The molecule has 0 unspecified atom stereocenters. The van der Waals surface area contributed by atoms with Gasteiger partial charge in [-0.3, -0.25) is 9.10 Å². The van der Waals surface area contributed by atoms with Crippen LogP contribution in [0.2, 0.25) is 5.15 Å². The number of halogens is 1. The highest BCUT2D eigenvalue weighted by molar-refractivity contribution is 7.92. The fourth-order valence-electron chi connectivity index (χ4n) is 2.60. The summed E-state index contributed by atoms with van der Waals surface area (Å²) < 4.78 is 29.4. The second-order valence-electron chi connectivity index (χ2n) is 6.40. The average molecular weight is 447 g/mol. The van der Waals surface area contributed by atoms with E-state index in [0.717, 1.165) is 15.9 Å². The molecule has 0 spiro atoms. The number of carbonyl (C=O) groups is 1. The van der Waals surface area contributed by atoms with Crippen molar-refractivity contribution in [1.82, 2.24) is 10.4 Å². The van der Waals surface area contributed by atoms with Crippen LogP contribution in [0.25, 0.3) is 10.9 Å². The number of sulfonamides is 1. The molecule has 8 nitrogen and oxygen atoms in total. The second kappa shape index (κ2) is 8.68. The van der Waals surface area contributed by atoms with Crippen molar-refractivity contribution in [2.45, 2.75) is 0 Å². The van der Waals surface area contributed by atoms with Gasteiger partial charge in [0.2, 0.25) is 10.0 Å². The molecule has 0 radical (unpaired) electrons. The summed E-state index contributed by atoms with van der Waals surface area (Å²) in [6, 6.07) is 13.3. The Labute approximate surface area is 179 Å². The molecular weight excluding hydrogens is 428 g/mol. The summed E-state index contributed by atoms with van der Waals surface area (Å²) in [5, 5.41) is 5.02. The molecule has 0 saturated heterocycles. The van der Waals surface area contributed by atoms with Crippen molar-refractivity contribution < 1.29 is 17.9 Å². The predicted octanol–water partition coefficient (Wildman–Crippen LogP) is 3.06. The van der Waals surface area contributed by atoms with Crippen molar-refractivity contribution in [3.63, 3.8) is 0 Å². The lowest BCUT2D eigenvalue weighted by Crippen LogP contribution is -2.25. The molecular formula is C20H19ClN4O4S. The van der Waals surface area contributed by atoms with Crippen LogP contribution in [0.3, 0.4) is 0 Å². The van der Waals surface area contributed by atoms with E-state index in [4.69, 9.17) is 16.3 Å². The zero-order valence-electron chi connectivity index (χ0n) is 16.5. The third-order valence-electron chi connectivity index (χ3n) is 4.37. The molecule has 0 saturated carbocycles. The van der Waals surface area contributed by atoms with Crippen LogP contribution >= 0.6 is 11.6 Å². The molecule has 0 atom stereocenters. The van der Waals surface area contributed by atoms with Crippen LogP contribution in [0.4, 0.5) is 5.69 Å². The third-order valence-corrected chi connectivity index (χ3v) is 5.87. The molecule has 3 rings (SSSR count). The fourth-order valence-corrected chi connectivity index (χ4v) is 3.30. The number of carbonyl (C=O) groups excluding carboxylic acids is 1. The number of methoxy groups -OCH3 is 1. The maximum absolute atomic E-state index is 12.3. The Morgan fingerprint density at radius 2 is 1.90 bits per heavy atom. The summed E-state index contributed by atoms with van der Waals surface area (Å²) in [4.78, 5) is 16.6. The van der Waals surface area contributed by atoms with Gasteiger partial charge in [0.05, 0.1) is 30.8 Å². The minimum absolute atomic E-state index is 0.238. The number of benzene rings is 2. The summed E-state index contributed by atoms with van der Waals surface area (Å²) in [7, 11) is -0.364. The topological polar surface area (TPSA) is 101 Å². The van der Waals surface area contributed by atoms with Gasteiger partial charge >= 0.3 is 0 Å². The number of ether oxygens (including phenoxy) is 1. The van der Waals surface area contributed by atoms with Crippen molar-refractivity contribution in [3.8, 4) is 5.75 Å². The van der Waals surface area contributed by atoms with Gasteiger partial charge in [0.15, 0.2) is 0 Å². The van der Waals surface area contributed by atoms with E-state index in [-0.39, 0.29) is 5.15 Å². The lowest BCUT2D eigenvalue weighted by Gasteiger charge is -2.16. The molecule has 10 heteroatoms. The summed E-state index contributed by atoms with van der Waals surface area (Å²) in [5.74, 6) is 0.225. The fraction of sp³-hybridized carbons (Fsp3) is 0.150. The molecule has 0 bridgehead atoms. The Kier molecular flexibility index (Phi) is 6.23. The van der Waals surface area contributed by atoms with E-state index in [0.29, 0.717) is 28.1 Å². The zero-order valence-corrected chi connectivity index (χ0v) is 18.0. The van der Waals surface area contributed by atoms with Crippen molar-refractivity contribution in [1.29, 1.82) is 0 Å². The van der Waals surface area contributed by atoms with Crippen LogP contribution in [0.1, 0.15) is 15.9 Å². The van der Waals surface area contributed by atoms with Crippen LogP contribution in [0.5, 0.6) is 5.75 Å². The molecule has 156 valence electrons. The number of fused-ring (bicyclic) bond motifs is 1. The van der Waals surface area contributed by atoms with Crippen LogP contribution < -0.4 is 14.5 Å². The number of rotatable bonds is 6. The zero-order chi connectivity index (χ0) is 21.9. The molecule has 3 aromatic rings. The quantitative estimate of drug-likeness (QED) is 0.356. The van der Waals surface area contributed by atoms with Crippen LogP contribution in [-0.4, -0.2) is 45.9 Å². The first-order valence-corrected chi connectivity index (χ1v) is 10.9. The largest absolute Gasteiger partial charge is 0.497 e. The molecule has 0 fully saturated rings. The monoisotopic (exact) mass is 446 g/mol. The Bertz CT molecular complexity index is 1230. The Morgan fingerprint density at radius 3 is 2.53 bits per heavy atom. The van der Waals surface area contributed by atoms with Gasteiger partial charge in [0.25, 0.3) is 5.91 Å². The van der Waals surface area contributed by atoms with Gasteiger partial charge in [-0.2, -0.15) is 5.10 Å². The first-order valence-electron chi connectivity index (χ1n) is 8.70. The number of hydrogen-bond donors (Lipinski definition) is 1. The number of hydrazone groups is 1. The lowest BCUT2D eigenvalue weighted by atomic mass is 10.1. The summed E-state index contributed by atoms with van der Waals surface area (Å²) in [5.41, 5.74) is 4.41. The first-order chi connectivity index (χ1) is 14.2. The Balaban J connectivity index is 1.72. The number of nitrogens with one attached hydrogen (secondary N) is 1. The van der Waals surface area contributed by atoms with Crippen LogP contribution in [0, 0.1) is 0 Å². The van der Waals surface area contributed by atoms with E-state index < -0.39 is 15.9 Å². The van der Waals surface area contributed by atoms with E-state index in [2.05, 4.69) is 15.5 Å². The Hall–Kier alpha value is -3.17. The number of anilines is 1. The van der Waals surface area contributed by atoms with Crippen molar-refractivity contribution in [3.05, 3.63) is 64.8 Å². The minimum atomic E-state index is -3.37. The molecule has 2 aromatic carbocycles. The second-order valence-corrected chi connectivity index (χ2v) is 8.78. The summed E-state index contributed by atoms with van der Waals surface area (Å²) >= 11 is 6.21.